The summed E-state index contributed by atoms with van der Waals surface area (Å²) < 4.78 is 12.6. The molecule has 2 bridgehead atoms. The van der Waals surface area contributed by atoms with Crippen LogP contribution in [-0.2, 0) is 4.57 Å². The van der Waals surface area contributed by atoms with Gasteiger partial charge in [-0.1, -0.05) is 48.6 Å². The van der Waals surface area contributed by atoms with Crippen LogP contribution in [0.4, 0.5) is 0 Å². The van der Waals surface area contributed by atoms with Gasteiger partial charge in [-0.05, 0) is 6.08 Å². The Hall–Kier alpha value is -1.33. The molecule has 0 spiro atoms. The van der Waals surface area contributed by atoms with E-state index >= 15 is 0 Å². The van der Waals surface area contributed by atoms with Crippen molar-refractivity contribution < 1.29 is 4.57 Å². The van der Waals surface area contributed by atoms with E-state index in [0.29, 0.717) is 0 Å². The van der Waals surface area contributed by atoms with Gasteiger partial charge in [0.15, 0.2) is 7.14 Å². The summed E-state index contributed by atoms with van der Waals surface area (Å²) in [5, 5.41) is 2.93. The lowest BCUT2D eigenvalue weighted by molar-refractivity contribution is 0.588. The lowest BCUT2D eigenvalue weighted by Crippen LogP contribution is -2.14. The van der Waals surface area contributed by atoms with Crippen LogP contribution in [0.2, 0.25) is 0 Å². The minimum atomic E-state index is -2.32. The van der Waals surface area contributed by atoms with Crippen LogP contribution in [0.1, 0.15) is 0 Å². The van der Waals surface area contributed by atoms with Crippen LogP contribution in [0.3, 0.4) is 0 Å². The quantitative estimate of drug-likeness (QED) is 0.637. The Bertz CT molecular complexity index is 505. The van der Waals surface area contributed by atoms with Gasteiger partial charge in [-0.3, -0.25) is 0 Å². The summed E-state index contributed by atoms with van der Waals surface area (Å²) in [6.07, 6.45) is 7.86. The van der Waals surface area contributed by atoms with E-state index in [1.54, 1.807) is 0 Å². The van der Waals surface area contributed by atoms with Gasteiger partial charge in [0.2, 0.25) is 0 Å². The van der Waals surface area contributed by atoms with Gasteiger partial charge in [-0.25, -0.2) is 0 Å². The molecule has 0 fully saturated rings. The highest BCUT2D eigenvalue weighted by atomic mass is 31.2. The lowest BCUT2D eigenvalue weighted by Gasteiger charge is -2.31. The fourth-order valence-electron chi connectivity index (χ4n) is 1.90. The molecule has 0 radical (unpaired) electrons. The third-order valence-electron chi connectivity index (χ3n) is 2.68. The van der Waals surface area contributed by atoms with Gasteiger partial charge in [0.25, 0.3) is 0 Å². The lowest BCUT2D eigenvalue weighted by atomic mass is 10.3. The van der Waals surface area contributed by atoms with Crippen LogP contribution >= 0.6 is 7.14 Å². The number of rotatable bonds is 1. The molecular weight excluding hydrogens is 191 g/mol. The van der Waals surface area contributed by atoms with Crippen LogP contribution < -0.4 is 5.30 Å². The molecule has 14 heavy (non-hydrogen) atoms. The standard InChI is InChI=1S/C12H9OP/c13-14(10-5-2-1-3-6-10)11-7-4-8-12(14)9-11/h1-9H. The average Bonchev–Trinajstić information content (AvgIpc) is 2.30. The zero-order chi connectivity index (χ0) is 9.60. The van der Waals surface area contributed by atoms with Crippen molar-refractivity contribution in [2.45, 2.75) is 0 Å². The molecule has 0 aliphatic carbocycles. The van der Waals surface area contributed by atoms with E-state index in [2.05, 4.69) is 0 Å². The molecular formula is C12H9OP. The molecule has 1 aromatic rings. The van der Waals surface area contributed by atoms with Gasteiger partial charge >= 0.3 is 0 Å². The molecule has 2 heteroatoms. The van der Waals surface area contributed by atoms with Gasteiger partial charge in [0.1, 0.15) is 0 Å². The molecule has 2 aliphatic rings. The molecule has 0 aromatic heterocycles. The van der Waals surface area contributed by atoms with E-state index in [1.807, 2.05) is 54.6 Å². The van der Waals surface area contributed by atoms with Gasteiger partial charge in [0.05, 0.1) is 0 Å². The largest absolute Gasteiger partial charge is 0.309 e. The summed E-state index contributed by atoms with van der Waals surface area (Å²) >= 11 is 0. The van der Waals surface area contributed by atoms with E-state index in [-0.39, 0.29) is 0 Å². The van der Waals surface area contributed by atoms with Crippen molar-refractivity contribution in [2.24, 2.45) is 0 Å². The van der Waals surface area contributed by atoms with Crippen LogP contribution in [0, 0.1) is 0 Å². The van der Waals surface area contributed by atoms with E-state index in [9.17, 15) is 4.57 Å². The predicted octanol–water partition coefficient (Wildman–Crippen LogP) is 3.03. The van der Waals surface area contributed by atoms with E-state index in [0.717, 1.165) is 15.9 Å². The molecule has 68 valence electrons. The first-order chi connectivity index (χ1) is 6.82. The highest BCUT2D eigenvalue weighted by Crippen LogP contribution is 2.69. The Balaban J connectivity index is 2.20. The normalized spacial score (nSPS) is 27.7. The highest BCUT2D eigenvalue weighted by Gasteiger charge is 2.40. The molecule has 0 N–H and O–H groups in total. The van der Waals surface area contributed by atoms with Crippen molar-refractivity contribution >= 4 is 12.4 Å². The Morgan fingerprint density at radius 3 is 2.36 bits per heavy atom. The van der Waals surface area contributed by atoms with Crippen molar-refractivity contribution in [3.8, 4) is 0 Å². The molecule has 1 unspecified atom stereocenters. The molecule has 1 nitrogen and oxygen atoms in total. The molecule has 1 atom stereocenters. The second-order valence-electron chi connectivity index (χ2n) is 3.46. The number of hydrogen-bond donors (Lipinski definition) is 0. The van der Waals surface area contributed by atoms with Crippen LogP contribution in [0.25, 0.3) is 0 Å². The Morgan fingerprint density at radius 2 is 1.79 bits per heavy atom. The molecule has 1 aromatic carbocycles. The van der Waals surface area contributed by atoms with Crippen LogP contribution in [0.5, 0.6) is 0 Å². The number of benzene rings is 1. The fourth-order valence-corrected chi connectivity index (χ4v) is 4.42. The van der Waals surface area contributed by atoms with Gasteiger partial charge < -0.3 is 4.57 Å². The Kier molecular flexibility index (Phi) is 1.48. The number of fused-ring (bicyclic) bond motifs is 2. The highest BCUT2D eigenvalue weighted by molar-refractivity contribution is 7.81. The fraction of sp³-hybridized carbons (Fsp3) is 0. The second-order valence-corrected chi connectivity index (χ2v) is 6.23. The van der Waals surface area contributed by atoms with Gasteiger partial charge in [0, 0.05) is 15.9 Å². The first kappa shape index (κ1) is 8.02. The zero-order valence-corrected chi connectivity index (χ0v) is 8.45. The molecule has 2 heterocycles. The number of hydrogen-bond acceptors (Lipinski definition) is 1. The topological polar surface area (TPSA) is 17.1 Å². The zero-order valence-electron chi connectivity index (χ0n) is 7.55. The summed E-state index contributed by atoms with van der Waals surface area (Å²) in [6, 6.07) is 9.72. The predicted molar refractivity (Wildman–Crippen MR) is 59.0 cm³/mol. The Morgan fingerprint density at radius 1 is 1.00 bits per heavy atom. The monoisotopic (exact) mass is 200 g/mol. The minimum absolute atomic E-state index is 0.952. The maximum atomic E-state index is 12.6. The summed E-state index contributed by atoms with van der Waals surface area (Å²) in [6.45, 7) is 0. The average molecular weight is 200 g/mol. The maximum Gasteiger partial charge on any atom is 0.171 e. The van der Waals surface area contributed by atoms with Crippen LogP contribution in [0.15, 0.2) is 65.3 Å². The molecule has 0 saturated carbocycles. The van der Waals surface area contributed by atoms with E-state index in [1.165, 1.54) is 0 Å². The van der Waals surface area contributed by atoms with Crippen molar-refractivity contribution in [3.63, 3.8) is 0 Å². The summed E-state index contributed by atoms with van der Waals surface area (Å²) in [5.41, 5.74) is 0. The summed E-state index contributed by atoms with van der Waals surface area (Å²) in [7, 11) is -2.32. The van der Waals surface area contributed by atoms with Gasteiger partial charge in [-0.15, -0.1) is 0 Å². The van der Waals surface area contributed by atoms with Crippen molar-refractivity contribution in [2.75, 3.05) is 0 Å². The SMILES string of the molecule is O=P1(c2ccccc2)c2cccc1c2. The van der Waals surface area contributed by atoms with Crippen molar-refractivity contribution in [1.29, 1.82) is 0 Å². The first-order valence-electron chi connectivity index (χ1n) is 4.59. The van der Waals surface area contributed by atoms with E-state index < -0.39 is 7.14 Å². The third kappa shape index (κ3) is 0.830. The molecule has 2 aliphatic heterocycles. The molecule has 0 amide bonds. The molecule has 0 saturated heterocycles. The van der Waals surface area contributed by atoms with Crippen molar-refractivity contribution in [3.05, 3.63) is 65.3 Å². The first-order valence-corrected chi connectivity index (χ1v) is 6.29. The van der Waals surface area contributed by atoms with Gasteiger partial charge in [-0.2, -0.15) is 0 Å². The summed E-state index contributed by atoms with van der Waals surface area (Å²) in [4.78, 5) is 0. The summed E-state index contributed by atoms with van der Waals surface area (Å²) in [5.74, 6) is 0. The molecule has 3 rings (SSSR count). The van der Waals surface area contributed by atoms with E-state index in [4.69, 9.17) is 0 Å². The Labute approximate surface area is 82.8 Å². The second kappa shape index (κ2) is 2.59. The third-order valence-corrected chi connectivity index (χ3v) is 5.71. The maximum absolute atomic E-state index is 12.6. The minimum Gasteiger partial charge on any atom is -0.309 e. The van der Waals surface area contributed by atoms with Crippen molar-refractivity contribution in [1.82, 2.24) is 0 Å². The smallest absolute Gasteiger partial charge is 0.171 e. The van der Waals surface area contributed by atoms with Crippen LogP contribution in [-0.4, -0.2) is 0 Å². The number of allylic oxidation sites excluding steroid dienone is 6.